The molecule has 0 aliphatic carbocycles. The minimum absolute atomic E-state index is 0.599. The van der Waals surface area contributed by atoms with Crippen LogP contribution in [0.3, 0.4) is 0 Å². The van der Waals surface area contributed by atoms with Crippen LogP contribution in [0.1, 0.15) is 4.88 Å². The maximum atomic E-state index is 5.25. The van der Waals surface area contributed by atoms with Gasteiger partial charge in [-0.1, -0.05) is 0 Å². The number of pyridine rings is 1. The lowest BCUT2D eigenvalue weighted by Gasteiger charge is -2.04. The van der Waals surface area contributed by atoms with Gasteiger partial charge in [-0.05, 0) is 24.4 Å². The highest BCUT2D eigenvalue weighted by Crippen LogP contribution is 2.18. The maximum absolute atomic E-state index is 5.25. The molecule has 0 bridgehead atoms. The second kappa shape index (κ2) is 4.79. The molecule has 0 aromatic carbocycles. The lowest BCUT2D eigenvalue weighted by molar-refractivity contribution is 0.800. The van der Waals surface area contributed by atoms with Gasteiger partial charge in [0.15, 0.2) is 10.6 Å². The van der Waals surface area contributed by atoms with Gasteiger partial charge in [-0.2, -0.15) is 5.10 Å². The molecule has 0 atom stereocenters. The predicted octanol–water partition coefficient (Wildman–Crippen LogP) is 2.51. The number of nitrogens with one attached hydrogen (secondary N) is 1. The highest BCUT2D eigenvalue weighted by atomic mass is 32.1. The molecular formula is C11H9N5S2. The third-order valence-corrected chi connectivity index (χ3v) is 3.55. The standard InChI is InChI=1S/C11H9N5S2/c17-11-15-14-10(8-2-1-3-12-4-8)16(11)6-9-5-13-7-18-9/h1-5,7H,6H2,(H,15,17). The minimum Gasteiger partial charge on any atom is -0.295 e. The Morgan fingerprint density at radius 1 is 1.33 bits per heavy atom. The SMILES string of the molecule is S=c1[nH]nc(-c2cccnc2)n1Cc1cncs1. The maximum Gasteiger partial charge on any atom is 0.195 e. The predicted molar refractivity (Wildman–Crippen MR) is 71.9 cm³/mol. The van der Waals surface area contributed by atoms with Crippen LogP contribution >= 0.6 is 23.6 Å². The highest BCUT2D eigenvalue weighted by Gasteiger charge is 2.09. The Labute approximate surface area is 112 Å². The molecule has 5 nitrogen and oxygen atoms in total. The molecular weight excluding hydrogens is 266 g/mol. The van der Waals surface area contributed by atoms with E-state index in [1.807, 2.05) is 28.4 Å². The summed E-state index contributed by atoms with van der Waals surface area (Å²) in [5, 5.41) is 7.08. The lowest BCUT2D eigenvalue weighted by atomic mass is 10.3. The van der Waals surface area contributed by atoms with Gasteiger partial charge in [-0.25, -0.2) is 0 Å². The first kappa shape index (κ1) is 11.2. The second-order valence-electron chi connectivity index (χ2n) is 3.65. The van der Waals surface area contributed by atoms with E-state index in [1.54, 1.807) is 23.7 Å². The zero-order chi connectivity index (χ0) is 12.4. The van der Waals surface area contributed by atoms with Crippen LogP contribution in [0.2, 0.25) is 0 Å². The zero-order valence-electron chi connectivity index (χ0n) is 9.28. The zero-order valence-corrected chi connectivity index (χ0v) is 10.9. The minimum atomic E-state index is 0.599. The van der Waals surface area contributed by atoms with Crippen molar-refractivity contribution in [2.45, 2.75) is 6.54 Å². The number of hydrogen-bond acceptors (Lipinski definition) is 5. The van der Waals surface area contributed by atoms with Crippen molar-refractivity contribution < 1.29 is 0 Å². The second-order valence-corrected chi connectivity index (χ2v) is 5.01. The van der Waals surface area contributed by atoms with Gasteiger partial charge in [0.1, 0.15) is 0 Å². The molecule has 0 saturated carbocycles. The third kappa shape index (κ3) is 2.09. The molecule has 90 valence electrons. The normalized spacial score (nSPS) is 10.7. The Kier molecular flexibility index (Phi) is 2.99. The van der Waals surface area contributed by atoms with Gasteiger partial charge in [0, 0.05) is 29.0 Å². The molecule has 0 saturated heterocycles. The van der Waals surface area contributed by atoms with E-state index >= 15 is 0 Å². The molecule has 0 aliphatic rings. The van der Waals surface area contributed by atoms with Gasteiger partial charge < -0.3 is 0 Å². The molecule has 3 aromatic rings. The van der Waals surface area contributed by atoms with E-state index in [2.05, 4.69) is 20.2 Å². The van der Waals surface area contributed by atoms with Crippen molar-refractivity contribution in [1.82, 2.24) is 24.7 Å². The molecule has 3 aromatic heterocycles. The molecule has 7 heteroatoms. The number of H-pyrrole nitrogens is 1. The molecule has 0 spiro atoms. The summed E-state index contributed by atoms with van der Waals surface area (Å²) in [6.45, 7) is 0.671. The van der Waals surface area contributed by atoms with Crippen molar-refractivity contribution in [3.05, 3.63) is 45.9 Å². The Hall–Kier alpha value is -1.86. The summed E-state index contributed by atoms with van der Waals surface area (Å²) in [5.41, 5.74) is 2.75. The summed E-state index contributed by atoms with van der Waals surface area (Å²) in [6.07, 6.45) is 5.35. The fourth-order valence-electron chi connectivity index (χ4n) is 1.66. The van der Waals surface area contributed by atoms with Gasteiger partial charge in [-0.15, -0.1) is 11.3 Å². The van der Waals surface area contributed by atoms with Crippen LogP contribution in [0.5, 0.6) is 0 Å². The van der Waals surface area contributed by atoms with E-state index in [-0.39, 0.29) is 0 Å². The molecule has 1 N–H and O–H groups in total. The van der Waals surface area contributed by atoms with Gasteiger partial charge in [0.2, 0.25) is 0 Å². The van der Waals surface area contributed by atoms with E-state index in [0.29, 0.717) is 11.3 Å². The Morgan fingerprint density at radius 2 is 2.28 bits per heavy atom. The summed E-state index contributed by atoms with van der Waals surface area (Å²) in [6, 6.07) is 3.84. The topological polar surface area (TPSA) is 59.4 Å². The average molecular weight is 275 g/mol. The molecule has 0 fully saturated rings. The third-order valence-electron chi connectivity index (χ3n) is 2.48. The van der Waals surface area contributed by atoms with E-state index < -0.39 is 0 Å². The van der Waals surface area contributed by atoms with Gasteiger partial charge in [0.05, 0.1) is 12.1 Å². The van der Waals surface area contributed by atoms with Gasteiger partial charge in [0.25, 0.3) is 0 Å². The van der Waals surface area contributed by atoms with E-state index in [0.717, 1.165) is 16.3 Å². The number of rotatable bonds is 3. The molecule has 3 heterocycles. The highest BCUT2D eigenvalue weighted by molar-refractivity contribution is 7.71. The number of aromatic nitrogens is 5. The molecule has 18 heavy (non-hydrogen) atoms. The van der Waals surface area contributed by atoms with E-state index in [4.69, 9.17) is 12.2 Å². The van der Waals surface area contributed by atoms with Gasteiger partial charge in [-0.3, -0.25) is 19.6 Å². The van der Waals surface area contributed by atoms with Crippen LogP contribution in [0.25, 0.3) is 11.4 Å². The Morgan fingerprint density at radius 3 is 3.00 bits per heavy atom. The Bertz CT molecular complexity index is 684. The van der Waals surface area contributed by atoms with E-state index in [9.17, 15) is 0 Å². The first-order chi connectivity index (χ1) is 8.84. The first-order valence-corrected chi connectivity index (χ1v) is 6.56. The lowest BCUT2D eigenvalue weighted by Crippen LogP contribution is -2.01. The summed E-state index contributed by atoms with van der Waals surface area (Å²) in [4.78, 5) is 9.30. The van der Waals surface area contributed by atoms with Crippen molar-refractivity contribution in [2.75, 3.05) is 0 Å². The van der Waals surface area contributed by atoms with Crippen LogP contribution in [-0.4, -0.2) is 24.7 Å². The fraction of sp³-hybridized carbons (Fsp3) is 0.0909. The number of hydrogen-bond donors (Lipinski definition) is 1. The van der Waals surface area contributed by atoms with Crippen LogP contribution in [0.15, 0.2) is 36.2 Å². The molecule has 0 radical (unpaired) electrons. The summed E-state index contributed by atoms with van der Waals surface area (Å²) < 4.78 is 2.54. The van der Waals surface area contributed by atoms with Crippen molar-refractivity contribution in [1.29, 1.82) is 0 Å². The van der Waals surface area contributed by atoms with Crippen molar-refractivity contribution in [3.8, 4) is 11.4 Å². The van der Waals surface area contributed by atoms with Crippen molar-refractivity contribution >= 4 is 23.6 Å². The summed E-state index contributed by atoms with van der Waals surface area (Å²) in [7, 11) is 0. The molecule has 3 rings (SSSR count). The molecule has 0 amide bonds. The van der Waals surface area contributed by atoms with Crippen LogP contribution < -0.4 is 0 Å². The number of nitrogens with zero attached hydrogens (tertiary/aromatic N) is 4. The summed E-state index contributed by atoms with van der Waals surface area (Å²) >= 11 is 6.85. The average Bonchev–Trinajstić information content (AvgIpc) is 3.03. The van der Waals surface area contributed by atoms with Crippen molar-refractivity contribution in [2.24, 2.45) is 0 Å². The molecule has 0 aliphatic heterocycles. The van der Waals surface area contributed by atoms with Crippen LogP contribution in [0.4, 0.5) is 0 Å². The smallest absolute Gasteiger partial charge is 0.195 e. The first-order valence-electron chi connectivity index (χ1n) is 5.27. The summed E-state index contributed by atoms with van der Waals surface area (Å²) in [5.74, 6) is 0.793. The van der Waals surface area contributed by atoms with Crippen LogP contribution in [-0.2, 0) is 6.54 Å². The number of thiazole rings is 1. The number of aromatic amines is 1. The van der Waals surface area contributed by atoms with Crippen molar-refractivity contribution in [3.63, 3.8) is 0 Å². The molecule has 0 unspecified atom stereocenters. The van der Waals surface area contributed by atoms with Crippen LogP contribution in [0, 0.1) is 4.77 Å². The fourth-order valence-corrected chi connectivity index (χ4v) is 2.43. The Balaban J connectivity index is 2.04. The monoisotopic (exact) mass is 275 g/mol. The van der Waals surface area contributed by atoms with E-state index in [1.165, 1.54) is 0 Å². The van der Waals surface area contributed by atoms with Gasteiger partial charge >= 0.3 is 0 Å². The quantitative estimate of drug-likeness (QED) is 0.746. The largest absolute Gasteiger partial charge is 0.295 e.